The van der Waals surface area contributed by atoms with Gasteiger partial charge in [-0.15, -0.1) is 0 Å². The smallest absolute Gasteiger partial charge is 0.331 e. The number of ether oxygens (including phenoxy) is 2. The molecule has 34 heavy (non-hydrogen) atoms. The molecular formula is C28H30N2O4. The number of aliphatic hydroxyl groups is 1. The number of esters is 1. The van der Waals surface area contributed by atoms with E-state index in [2.05, 4.69) is 9.88 Å². The van der Waals surface area contributed by atoms with Gasteiger partial charge >= 0.3 is 5.97 Å². The predicted molar refractivity (Wildman–Crippen MR) is 131 cm³/mol. The van der Waals surface area contributed by atoms with Gasteiger partial charge in [0, 0.05) is 36.4 Å². The molecule has 2 bridgehead atoms. The van der Waals surface area contributed by atoms with Crippen molar-refractivity contribution in [1.29, 1.82) is 0 Å². The second-order valence-corrected chi connectivity index (χ2v) is 9.17. The van der Waals surface area contributed by atoms with E-state index in [-0.39, 0.29) is 24.5 Å². The molecule has 6 nitrogen and oxygen atoms in total. The normalized spacial score (nSPS) is 24.9. The van der Waals surface area contributed by atoms with Crippen molar-refractivity contribution in [3.8, 4) is 5.75 Å². The highest BCUT2D eigenvalue weighted by Crippen LogP contribution is 2.43. The molecular weight excluding hydrogens is 428 g/mol. The molecule has 4 heterocycles. The van der Waals surface area contributed by atoms with Crippen LogP contribution in [0.25, 0.3) is 17.0 Å². The summed E-state index contributed by atoms with van der Waals surface area (Å²) in [6.45, 7) is 1.98. The first-order valence-corrected chi connectivity index (χ1v) is 11.9. The van der Waals surface area contributed by atoms with Crippen LogP contribution in [-0.4, -0.2) is 53.8 Å². The van der Waals surface area contributed by atoms with Crippen LogP contribution in [0.15, 0.2) is 66.9 Å². The Morgan fingerprint density at radius 1 is 1.24 bits per heavy atom. The summed E-state index contributed by atoms with van der Waals surface area (Å²) in [5.74, 6) is 1.09. The Bertz CT molecular complexity index is 1180. The summed E-state index contributed by atoms with van der Waals surface area (Å²) < 4.78 is 11.7. The molecule has 3 fully saturated rings. The third-order valence-electron chi connectivity index (χ3n) is 7.26. The Morgan fingerprint density at radius 2 is 2.09 bits per heavy atom. The van der Waals surface area contributed by atoms with Crippen LogP contribution >= 0.6 is 0 Å². The molecule has 3 saturated heterocycles. The molecule has 3 aromatic rings. The summed E-state index contributed by atoms with van der Waals surface area (Å²) in [4.78, 5) is 19.9. The number of carbonyl (C=O) groups is 1. The quantitative estimate of drug-likeness (QED) is 0.422. The highest BCUT2D eigenvalue weighted by Gasteiger charge is 2.44. The van der Waals surface area contributed by atoms with Crippen molar-refractivity contribution in [1.82, 2.24) is 9.88 Å². The number of benzene rings is 2. The van der Waals surface area contributed by atoms with Crippen molar-refractivity contribution < 1.29 is 19.4 Å². The van der Waals surface area contributed by atoms with Gasteiger partial charge in [0.2, 0.25) is 0 Å². The molecule has 176 valence electrons. The van der Waals surface area contributed by atoms with E-state index in [1.807, 2.05) is 54.6 Å². The van der Waals surface area contributed by atoms with Crippen molar-refractivity contribution in [2.45, 2.75) is 25.0 Å². The number of nitrogens with zero attached hydrogens (tertiary/aromatic N) is 2. The van der Waals surface area contributed by atoms with E-state index in [0.29, 0.717) is 5.92 Å². The number of hydrogen-bond acceptors (Lipinski definition) is 6. The van der Waals surface area contributed by atoms with E-state index in [1.165, 1.54) is 6.08 Å². The van der Waals surface area contributed by atoms with Crippen LogP contribution in [0.4, 0.5) is 0 Å². The van der Waals surface area contributed by atoms with Crippen LogP contribution in [-0.2, 0) is 9.53 Å². The van der Waals surface area contributed by atoms with Crippen LogP contribution in [0.1, 0.15) is 30.1 Å². The molecule has 0 radical (unpaired) electrons. The van der Waals surface area contributed by atoms with E-state index in [4.69, 9.17) is 9.47 Å². The lowest BCUT2D eigenvalue weighted by atomic mass is 9.73. The number of aliphatic hydroxyl groups excluding tert-OH is 1. The molecule has 0 saturated carbocycles. The molecule has 1 N–H and O–H groups in total. The van der Waals surface area contributed by atoms with Crippen LogP contribution in [0.2, 0.25) is 0 Å². The monoisotopic (exact) mass is 458 g/mol. The minimum absolute atomic E-state index is 0.0485. The molecule has 0 amide bonds. The number of pyridine rings is 1. The Labute approximate surface area is 199 Å². The lowest BCUT2D eigenvalue weighted by Gasteiger charge is -2.51. The fourth-order valence-electron chi connectivity index (χ4n) is 5.47. The average molecular weight is 459 g/mol. The maximum Gasteiger partial charge on any atom is 0.331 e. The van der Waals surface area contributed by atoms with Crippen molar-refractivity contribution in [2.24, 2.45) is 11.8 Å². The summed E-state index contributed by atoms with van der Waals surface area (Å²) in [6, 6.07) is 17.5. The van der Waals surface area contributed by atoms with Gasteiger partial charge in [0.1, 0.15) is 11.9 Å². The molecule has 3 aliphatic rings. The average Bonchev–Trinajstić information content (AvgIpc) is 2.90. The number of aromatic nitrogens is 1. The van der Waals surface area contributed by atoms with Crippen molar-refractivity contribution in [3.05, 3.63) is 78.0 Å². The van der Waals surface area contributed by atoms with Gasteiger partial charge in [-0.3, -0.25) is 9.88 Å². The topological polar surface area (TPSA) is 71.9 Å². The van der Waals surface area contributed by atoms with E-state index < -0.39 is 6.10 Å². The van der Waals surface area contributed by atoms with Gasteiger partial charge in [-0.2, -0.15) is 0 Å². The van der Waals surface area contributed by atoms with Gasteiger partial charge in [0.15, 0.2) is 0 Å². The fraction of sp³-hybridized carbons (Fsp3) is 0.357. The van der Waals surface area contributed by atoms with Gasteiger partial charge in [-0.25, -0.2) is 4.79 Å². The van der Waals surface area contributed by atoms with Gasteiger partial charge in [-0.1, -0.05) is 30.3 Å². The zero-order valence-electron chi connectivity index (χ0n) is 19.3. The predicted octanol–water partition coefficient (Wildman–Crippen LogP) is 4.24. The molecule has 6 rings (SSSR count). The molecule has 1 aromatic heterocycles. The Morgan fingerprint density at radius 3 is 2.82 bits per heavy atom. The van der Waals surface area contributed by atoms with E-state index in [9.17, 15) is 9.90 Å². The first kappa shape index (κ1) is 22.6. The van der Waals surface area contributed by atoms with Crippen LogP contribution < -0.4 is 4.74 Å². The summed E-state index contributed by atoms with van der Waals surface area (Å²) in [6.07, 6.45) is 6.56. The van der Waals surface area contributed by atoms with E-state index >= 15 is 0 Å². The van der Waals surface area contributed by atoms with E-state index in [0.717, 1.165) is 53.7 Å². The van der Waals surface area contributed by atoms with Crippen LogP contribution in [0, 0.1) is 11.8 Å². The number of piperidine rings is 3. The summed E-state index contributed by atoms with van der Waals surface area (Å²) in [5, 5.41) is 10.8. The van der Waals surface area contributed by atoms with Gasteiger partial charge in [0.05, 0.1) is 18.7 Å². The number of fused-ring (bicyclic) bond motifs is 4. The van der Waals surface area contributed by atoms with Gasteiger partial charge < -0.3 is 14.6 Å². The third-order valence-corrected chi connectivity index (χ3v) is 7.26. The zero-order chi connectivity index (χ0) is 23.5. The minimum Gasteiger partial charge on any atom is -0.497 e. The lowest BCUT2D eigenvalue weighted by molar-refractivity contribution is -0.152. The molecule has 2 aromatic carbocycles. The Hall–Kier alpha value is -3.22. The summed E-state index contributed by atoms with van der Waals surface area (Å²) >= 11 is 0. The van der Waals surface area contributed by atoms with Crippen molar-refractivity contribution in [2.75, 3.05) is 26.8 Å². The molecule has 5 atom stereocenters. The van der Waals surface area contributed by atoms with Gasteiger partial charge in [-0.05, 0) is 67.1 Å². The second-order valence-electron chi connectivity index (χ2n) is 9.17. The highest BCUT2D eigenvalue weighted by molar-refractivity contribution is 5.88. The number of carbonyl (C=O) groups excluding carboxylic acids is 1. The molecule has 3 aliphatic heterocycles. The largest absolute Gasteiger partial charge is 0.497 e. The number of rotatable bonds is 7. The van der Waals surface area contributed by atoms with Crippen LogP contribution in [0.5, 0.6) is 5.75 Å². The summed E-state index contributed by atoms with van der Waals surface area (Å²) in [7, 11) is 1.64. The van der Waals surface area contributed by atoms with Crippen LogP contribution in [0.3, 0.4) is 0 Å². The molecule has 6 heteroatoms. The highest BCUT2D eigenvalue weighted by atomic mass is 16.5. The Balaban J connectivity index is 1.50. The lowest BCUT2D eigenvalue weighted by Crippen LogP contribution is -2.56. The SMILES string of the molecule is COc1ccc2nccc([C@@H](OC(=O)/C=C\c3ccccc3)[C@@H]3C[C@H]4CCN3CC4CO)c2c1. The number of hydrogen-bond donors (Lipinski definition) is 1. The number of methoxy groups -OCH3 is 1. The molecule has 0 spiro atoms. The standard InChI is InChI=1S/C28H30N2O4/c1-33-22-8-9-25-24(16-22)23(11-13-29-25)28(26-15-20-12-14-30(26)17-21(20)18-31)34-27(32)10-7-19-5-3-2-4-6-19/h2-11,13,16,20-21,26,28,31H,12,14-15,17-18H2,1H3/b10-7-/t20-,21?,26+,28-/m1/s1. The maximum absolute atomic E-state index is 13.0. The first-order chi connectivity index (χ1) is 16.7. The second kappa shape index (κ2) is 9.95. The molecule has 0 aliphatic carbocycles. The van der Waals surface area contributed by atoms with Crippen molar-refractivity contribution >= 4 is 22.9 Å². The Kier molecular flexibility index (Phi) is 6.61. The molecule has 2 unspecified atom stereocenters. The third kappa shape index (κ3) is 4.56. The zero-order valence-corrected chi connectivity index (χ0v) is 19.3. The van der Waals surface area contributed by atoms with E-state index in [1.54, 1.807) is 19.4 Å². The van der Waals surface area contributed by atoms with Gasteiger partial charge in [0.25, 0.3) is 0 Å². The first-order valence-electron chi connectivity index (χ1n) is 11.9. The minimum atomic E-state index is -0.451. The fourth-order valence-corrected chi connectivity index (χ4v) is 5.47. The summed E-state index contributed by atoms with van der Waals surface area (Å²) in [5.41, 5.74) is 2.72. The maximum atomic E-state index is 13.0. The van der Waals surface area contributed by atoms with Crippen molar-refractivity contribution in [3.63, 3.8) is 0 Å².